The Labute approximate surface area is 187 Å². The number of likely N-dealkylation sites (tertiary alicyclic amines) is 1. The van der Waals surface area contributed by atoms with E-state index in [1.165, 1.54) is 6.20 Å². The molecule has 0 unspecified atom stereocenters. The quantitative estimate of drug-likeness (QED) is 0.654. The van der Waals surface area contributed by atoms with Crippen LogP contribution in [0.3, 0.4) is 0 Å². The van der Waals surface area contributed by atoms with E-state index in [4.69, 9.17) is 4.98 Å². The van der Waals surface area contributed by atoms with E-state index in [1.807, 2.05) is 17.2 Å². The number of carbonyl (C=O) groups is 2. The minimum Gasteiger partial charge on any atom is -0.339 e. The summed E-state index contributed by atoms with van der Waals surface area (Å²) in [5, 5.41) is 2.84. The summed E-state index contributed by atoms with van der Waals surface area (Å²) in [7, 11) is 0. The van der Waals surface area contributed by atoms with E-state index in [0.717, 1.165) is 24.4 Å². The molecule has 2 aromatic heterocycles. The van der Waals surface area contributed by atoms with Gasteiger partial charge in [-0.25, -0.2) is 9.97 Å². The predicted octanol–water partition coefficient (Wildman–Crippen LogP) is 4.27. The van der Waals surface area contributed by atoms with Crippen molar-refractivity contribution in [1.82, 2.24) is 19.9 Å². The molecule has 0 bridgehead atoms. The standard InChI is InChI=1S/C25H27N5O2/c1-17(2)23-27-12-8-22(29-23)18-9-13-30(14-10-18)25(32)19-5-3-7-21(15-19)28-24(31)20-6-4-11-26-16-20/h3-8,11-12,15-18H,9-10,13-14H2,1-2H3,(H,28,31). The van der Waals surface area contributed by atoms with Gasteiger partial charge in [0.2, 0.25) is 0 Å². The molecule has 1 saturated heterocycles. The third kappa shape index (κ3) is 4.99. The van der Waals surface area contributed by atoms with Crippen molar-refractivity contribution in [2.75, 3.05) is 18.4 Å². The third-order valence-corrected chi connectivity index (χ3v) is 5.70. The fourth-order valence-electron chi connectivity index (χ4n) is 3.89. The van der Waals surface area contributed by atoms with Gasteiger partial charge in [-0.05, 0) is 49.2 Å². The van der Waals surface area contributed by atoms with Gasteiger partial charge in [0.1, 0.15) is 5.82 Å². The first-order valence-corrected chi connectivity index (χ1v) is 10.9. The Kier molecular flexibility index (Phi) is 6.54. The first kappa shape index (κ1) is 21.6. The summed E-state index contributed by atoms with van der Waals surface area (Å²) in [4.78, 5) is 40.4. The number of pyridine rings is 1. The lowest BCUT2D eigenvalue weighted by Gasteiger charge is -2.32. The lowest BCUT2D eigenvalue weighted by atomic mass is 9.92. The molecule has 0 spiro atoms. The van der Waals surface area contributed by atoms with Gasteiger partial charge in [0, 0.05) is 60.5 Å². The molecule has 0 radical (unpaired) electrons. The van der Waals surface area contributed by atoms with Crippen molar-refractivity contribution in [3.05, 3.63) is 83.7 Å². The lowest BCUT2D eigenvalue weighted by molar-refractivity contribution is 0.0711. The largest absolute Gasteiger partial charge is 0.339 e. The summed E-state index contributed by atoms with van der Waals surface area (Å²) in [6.45, 7) is 5.54. The van der Waals surface area contributed by atoms with Crippen molar-refractivity contribution in [2.24, 2.45) is 0 Å². The van der Waals surface area contributed by atoms with Crippen molar-refractivity contribution in [3.8, 4) is 0 Å². The minimum atomic E-state index is -0.255. The fraction of sp³-hybridized carbons (Fsp3) is 0.320. The first-order chi connectivity index (χ1) is 15.5. The van der Waals surface area contributed by atoms with Crippen LogP contribution in [0.1, 0.15) is 70.8 Å². The molecule has 1 fully saturated rings. The van der Waals surface area contributed by atoms with Crippen LogP contribution in [0.4, 0.5) is 5.69 Å². The number of rotatable bonds is 5. The van der Waals surface area contributed by atoms with Crippen LogP contribution in [-0.2, 0) is 0 Å². The van der Waals surface area contributed by atoms with Gasteiger partial charge in [-0.1, -0.05) is 19.9 Å². The van der Waals surface area contributed by atoms with E-state index in [0.29, 0.717) is 41.7 Å². The number of piperidine rings is 1. The highest BCUT2D eigenvalue weighted by Gasteiger charge is 2.26. The smallest absolute Gasteiger partial charge is 0.257 e. The SMILES string of the molecule is CC(C)c1nccc(C2CCN(C(=O)c3cccc(NC(=O)c4cccnc4)c3)CC2)n1. The third-order valence-electron chi connectivity index (χ3n) is 5.70. The van der Waals surface area contributed by atoms with E-state index in [1.54, 1.807) is 42.6 Å². The van der Waals surface area contributed by atoms with Gasteiger partial charge in [0.15, 0.2) is 0 Å². The molecule has 4 rings (SSSR count). The number of nitrogens with zero attached hydrogens (tertiary/aromatic N) is 4. The van der Waals surface area contributed by atoms with Crippen LogP contribution >= 0.6 is 0 Å². The molecule has 7 nitrogen and oxygen atoms in total. The highest BCUT2D eigenvalue weighted by atomic mass is 16.2. The zero-order valence-corrected chi connectivity index (χ0v) is 18.4. The van der Waals surface area contributed by atoms with E-state index in [-0.39, 0.29) is 11.8 Å². The molecule has 1 N–H and O–H groups in total. The van der Waals surface area contributed by atoms with Gasteiger partial charge >= 0.3 is 0 Å². The maximum Gasteiger partial charge on any atom is 0.257 e. The van der Waals surface area contributed by atoms with Crippen molar-refractivity contribution in [2.45, 2.75) is 38.5 Å². The second-order valence-electron chi connectivity index (χ2n) is 8.34. The molecular formula is C25H27N5O2. The monoisotopic (exact) mass is 429 g/mol. The maximum absolute atomic E-state index is 13.1. The number of carbonyl (C=O) groups excluding carboxylic acids is 2. The van der Waals surface area contributed by atoms with Gasteiger partial charge in [0.05, 0.1) is 5.56 Å². The summed E-state index contributed by atoms with van der Waals surface area (Å²) >= 11 is 0. The molecule has 1 aromatic carbocycles. The molecule has 1 aliphatic rings. The number of hydrogen-bond donors (Lipinski definition) is 1. The Bertz CT molecular complexity index is 1090. The number of nitrogens with one attached hydrogen (secondary N) is 1. The van der Waals surface area contributed by atoms with Gasteiger partial charge in [-0.15, -0.1) is 0 Å². The van der Waals surface area contributed by atoms with Crippen LogP contribution in [-0.4, -0.2) is 44.8 Å². The summed E-state index contributed by atoms with van der Waals surface area (Å²) in [6.07, 6.45) is 6.71. The van der Waals surface area contributed by atoms with Crippen LogP contribution in [0, 0.1) is 0 Å². The number of anilines is 1. The number of benzene rings is 1. The first-order valence-electron chi connectivity index (χ1n) is 10.9. The molecule has 32 heavy (non-hydrogen) atoms. The molecule has 7 heteroatoms. The summed E-state index contributed by atoms with van der Waals surface area (Å²) in [6, 6.07) is 12.5. The Balaban J connectivity index is 1.39. The van der Waals surface area contributed by atoms with Crippen LogP contribution in [0.2, 0.25) is 0 Å². The summed E-state index contributed by atoms with van der Waals surface area (Å²) in [5.74, 6) is 1.22. The maximum atomic E-state index is 13.1. The fourth-order valence-corrected chi connectivity index (χ4v) is 3.89. The number of amides is 2. The minimum absolute atomic E-state index is 0.0218. The second-order valence-corrected chi connectivity index (χ2v) is 8.34. The van der Waals surface area contributed by atoms with Gasteiger partial charge < -0.3 is 10.2 Å². The molecule has 2 amide bonds. The lowest BCUT2D eigenvalue weighted by Crippen LogP contribution is -2.38. The average molecular weight is 430 g/mol. The second kappa shape index (κ2) is 9.68. The van der Waals surface area contributed by atoms with Gasteiger partial charge in [-0.3, -0.25) is 14.6 Å². The van der Waals surface area contributed by atoms with Crippen LogP contribution in [0.5, 0.6) is 0 Å². The molecule has 0 atom stereocenters. The Morgan fingerprint density at radius 3 is 2.53 bits per heavy atom. The number of aromatic nitrogens is 3. The molecule has 3 heterocycles. The Morgan fingerprint density at radius 2 is 1.81 bits per heavy atom. The predicted molar refractivity (Wildman–Crippen MR) is 123 cm³/mol. The molecule has 164 valence electrons. The van der Waals surface area contributed by atoms with Crippen molar-refractivity contribution < 1.29 is 9.59 Å². The van der Waals surface area contributed by atoms with E-state index < -0.39 is 0 Å². The van der Waals surface area contributed by atoms with E-state index in [9.17, 15) is 9.59 Å². The molecular weight excluding hydrogens is 402 g/mol. The zero-order valence-electron chi connectivity index (χ0n) is 18.4. The van der Waals surface area contributed by atoms with Crippen LogP contribution in [0.15, 0.2) is 61.1 Å². The number of hydrogen-bond acceptors (Lipinski definition) is 5. The summed E-state index contributed by atoms with van der Waals surface area (Å²) in [5.41, 5.74) is 2.69. The molecule has 3 aromatic rings. The van der Waals surface area contributed by atoms with Crippen molar-refractivity contribution in [1.29, 1.82) is 0 Å². The van der Waals surface area contributed by atoms with Crippen molar-refractivity contribution in [3.63, 3.8) is 0 Å². The van der Waals surface area contributed by atoms with Gasteiger partial charge in [-0.2, -0.15) is 0 Å². The zero-order chi connectivity index (χ0) is 22.5. The molecule has 0 saturated carbocycles. The van der Waals surface area contributed by atoms with Crippen LogP contribution < -0.4 is 5.32 Å². The average Bonchev–Trinajstić information content (AvgIpc) is 2.84. The summed E-state index contributed by atoms with van der Waals surface area (Å²) < 4.78 is 0. The van der Waals surface area contributed by atoms with E-state index in [2.05, 4.69) is 29.1 Å². The van der Waals surface area contributed by atoms with Crippen molar-refractivity contribution >= 4 is 17.5 Å². The topological polar surface area (TPSA) is 88.1 Å². The van der Waals surface area contributed by atoms with Crippen LogP contribution in [0.25, 0.3) is 0 Å². The highest BCUT2D eigenvalue weighted by Crippen LogP contribution is 2.28. The normalized spacial score (nSPS) is 14.4. The Morgan fingerprint density at radius 1 is 1.03 bits per heavy atom. The molecule has 1 aliphatic heterocycles. The molecule has 0 aliphatic carbocycles. The van der Waals surface area contributed by atoms with E-state index >= 15 is 0 Å². The Hall–Kier alpha value is -3.61. The highest BCUT2D eigenvalue weighted by molar-refractivity contribution is 6.04. The van der Waals surface area contributed by atoms with Gasteiger partial charge in [0.25, 0.3) is 11.8 Å².